The van der Waals surface area contributed by atoms with Gasteiger partial charge in [0.2, 0.25) is 0 Å². The molecule has 0 spiro atoms. The van der Waals surface area contributed by atoms with Gasteiger partial charge < -0.3 is 14.8 Å². The lowest BCUT2D eigenvalue weighted by molar-refractivity contribution is -0.137. The molecule has 34 heavy (non-hydrogen) atoms. The molecule has 0 aromatic heterocycles. The normalized spacial score (nSPS) is 16.3. The molecule has 0 aliphatic carbocycles. The largest absolute Gasteiger partial charge is 0.491 e. The number of carbonyl (C=O) groups is 1. The van der Waals surface area contributed by atoms with E-state index in [-0.39, 0.29) is 23.6 Å². The lowest BCUT2D eigenvalue weighted by Crippen LogP contribution is -2.45. The predicted octanol–water partition coefficient (Wildman–Crippen LogP) is 5.30. The zero-order chi connectivity index (χ0) is 24.9. The fourth-order valence-corrected chi connectivity index (χ4v) is 4.37. The lowest BCUT2D eigenvalue weighted by Gasteiger charge is -2.37. The van der Waals surface area contributed by atoms with Gasteiger partial charge in [0.1, 0.15) is 12.4 Å². The van der Waals surface area contributed by atoms with Gasteiger partial charge >= 0.3 is 6.18 Å². The summed E-state index contributed by atoms with van der Waals surface area (Å²) in [6.45, 7) is 9.07. The van der Waals surface area contributed by atoms with Gasteiger partial charge in [-0.15, -0.1) is 0 Å². The van der Waals surface area contributed by atoms with Crippen molar-refractivity contribution in [2.24, 2.45) is 0 Å². The number of halogens is 3. The summed E-state index contributed by atoms with van der Waals surface area (Å²) in [5.74, 6) is 0.533. The fourth-order valence-electron chi connectivity index (χ4n) is 4.37. The maximum Gasteiger partial charge on any atom is 0.416 e. The topological polar surface area (TPSA) is 50.8 Å². The van der Waals surface area contributed by atoms with Crippen molar-refractivity contribution in [3.63, 3.8) is 0 Å². The lowest BCUT2D eigenvalue weighted by atomic mass is 9.94. The maximum atomic E-state index is 12.7. The van der Waals surface area contributed by atoms with Crippen LogP contribution in [0.2, 0.25) is 0 Å². The van der Waals surface area contributed by atoms with Gasteiger partial charge in [-0.3, -0.25) is 9.69 Å². The Morgan fingerprint density at radius 3 is 2.29 bits per heavy atom. The number of ether oxygens (including phenoxy) is 2. The highest BCUT2D eigenvalue weighted by Gasteiger charge is 2.30. The van der Waals surface area contributed by atoms with Crippen LogP contribution in [0.1, 0.15) is 58.4 Å². The number of amides is 1. The van der Waals surface area contributed by atoms with E-state index in [1.807, 2.05) is 6.07 Å². The number of rotatable bonds is 8. The van der Waals surface area contributed by atoms with E-state index < -0.39 is 11.7 Å². The molecule has 0 radical (unpaired) electrons. The summed E-state index contributed by atoms with van der Waals surface area (Å²) in [6, 6.07) is 8.69. The van der Waals surface area contributed by atoms with Crippen molar-refractivity contribution in [2.45, 2.75) is 51.9 Å². The minimum atomic E-state index is -4.41. The highest BCUT2D eigenvalue weighted by molar-refractivity contribution is 5.94. The van der Waals surface area contributed by atoms with Crippen molar-refractivity contribution >= 4 is 5.91 Å². The summed E-state index contributed by atoms with van der Waals surface area (Å²) in [7, 11) is 1.65. The van der Waals surface area contributed by atoms with Crippen LogP contribution in [0, 0.1) is 13.8 Å². The molecule has 0 saturated carbocycles. The number of hydrogen-bond donors (Lipinski definition) is 1. The number of piperidine rings is 1. The molecule has 2 aromatic carbocycles. The minimum Gasteiger partial charge on any atom is -0.491 e. The van der Waals surface area contributed by atoms with Crippen molar-refractivity contribution in [2.75, 3.05) is 33.4 Å². The molecule has 8 heteroatoms. The second kappa shape index (κ2) is 11.2. The molecular formula is C26H33F3N2O3. The van der Waals surface area contributed by atoms with E-state index in [1.54, 1.807) is 7.11 Å². The van der Waals surface area contributed by atoms with Gasteiger partial charge in [0.15, 0.2) is 0 Å². The van der Waals surface area contributed by atoms with Crippen LogP contribution >= 0.6 is 0 Å². The molecule has 1 fully saturated rings. The molecule has 2 aromatic rings. The monoisotopic (exact) mass is 478 g/mol. The van der Waals surface area contributed by atoms with E-state index >= 15 is 0 Å². The average molecular weight is 479 g/mol. The highest BCUT2D eigenvalue weighted by atomic mass is 19.4. The highest BCUT2D eigenvalue weighted by Crippen LogP contribution is 2.32. The van der Waals surface area contributed by atoms with Crippen LogP contribution in [0.4, 0.5) is 13.2 Å². The number of benzene rings is 2. The third-order valence-electron chi connectivity index (χ3n) is 6.66. The van der Waals surface area contributed by atoms with Crippen LogP contribution in [-0.2, 0) is 10.9 Å². The number of nitrogens with one attached hydrogen (secondary N) is 1. The SMILES string of the molecule is COCCOc1ccc(C(C)N2CCC(NC(=O)c3ccc(C(F)(F)F)cc3)CC2)c(C)c1C. The van der Waals surface area contributed by atoms with Crippen LogP contribution in [0.5, 0.6) is 5.75 Å². The second-order valence-corrected chi connectivity index (χ2v) is 8.78. The Hall–Kier alpha value is -2.58. The summed E-state index contributed by atoms with van der Waals surface area (Å²) in [5, 5.41) is 2.97. The molecular weight excluding hydrogens is 445 g/mol. The molecule has 1 N–H and O–H groups in total. The number of alkyl halides is 3. The van der Waals surface area contributed by atoms with E-state index in [0.29, 0.717) is 13.2 Å². The van der Waals surface area contributed by atoms with Gasteiger partial charge in [0, 0.05) is 37.8 Å². The summed E-state index contributed by atoms with van der Waals surface area (Å²) < 4.78 is 49.1. The van der Waals surface area contributed by atoms with Gasteiger partial charge in [0.25, 0.3) is 5.91 Å². The van der Waals surface area contributed by atoms with Gasteiger partial charge in [-0.1, -0.05) is 6.07 Å². The molecule has 1 unspecified atom stereocenters. The molecule has 1 saturated heterocycles. The molecule has 0 bridgehead atoms. The Morgan fingerprint density at radius 2 is 1.71 bits per heavy atom. The van der Waals surface area contributed by atoms with Crippen LogP contribution in [0.15, 0.2) is 36.4 Å². The van der Waals surface area contributed by atoms with E-state index in [4.69, 9.17) is 9.47 Å². The second-order valence-electron chi connectivity index (χ2n) is 8.78. The van der Waals surface area contributed by atoms with Gasteiger partial charge in [-0.25, -0.2) is 0 Å². The van der Waals surface area contributed by atoms with E-state index in [1.165, 1.54) is 23.3 Å². The fraction of sp³-hybridized carbons (Fsp3) is 0.500. The predicted molar refractivity (Wildman–Crippen MR) is 125 cm³/mol. The van der Waals surface area contributed by atoms with Crippen molar-refractivity contribution < 1.29 is 27.4 Å². The standard InChI is InChI=1S/C26H33F3N2O3/c1-17-18(2)24(34-16-15-33-4)10-9-23(17)19(3)31-13-11-22(12-14-31)30-25(32)20-5-7-21(8-6-20)26(27,28)29/h5-10,19,22H,11-16H2,1-4H3,(H,30,32). The van der Waals surface area contributed by atoms with Crippen LogP contribution in [0.25, 0.3) is 0 Å². The number of likely N-dealkylation sites (tertiary alicyclic amines) is 1. The summed E-state index contributed by atoms with van der Waals surface area (Å²) in [4.78, 5) is 14.9. The van der Waals surface area contributed by atoms with Crippen molar-refractivity contribution in [3.05, 3.63) is 64.2 Å². The van der Waals surface area contributed by atoms with Gasteiger partial charge in [0.05, 0.1) is 12.2 Å². The third-order valence-corrected chi connectivity index (χ3v) is 6.66. The summed E-state index contributed by atoms with van der Waals surface area (Å²) >= 11 is 0. The third kappa shape index (κ3) is 6.30. The number of carbonyl (C=O) groups excluding carboxylic acids is 1. The molecule has 1 aliphatic rings. The minimum absolute atomic E-state index is 0.00219. The first-order valence-electron chi connectivity index (χ1n) is 11.6. The Balaban J connectivity index is 1.55. The van der Waals surface area contributed by atoms with Crippen molar-refractivity contribution in [3.8, 4) is 5.75 Å². The van der Waals surface area contributed by atoms with Gasteiger partial charge in [-0.05, 0) is 80.6 Å². The number of methoxy groups -OCH3 is 1. The van der Waals surface area contributed by atoms with Gasteiger partial charge in [-0.2, -0.15) is 13.2 Å². The molecule has 3 rings (SSSR count). The van der Waals surface area contributed by atoms with Crippen molar-refractivity contribution in [1.29, 1.82) is 0 Å². The summed E-state index contributed by atoms with van der Waals surface area (Å²) in [6.07, 6.45) is -2.84. The average Bonchev–Trinajstić information content (AvgIpc) is 2.81. The number of nitrogens with zero attached hydrogens (tertiary/aromatic N) is 1. The molecule has 1 heterocycles. The number of hydrogen-bond acceptors (Lipinski definition) is 4. The maximum absolute atomic E-state index is 12.7. The molecule has 5 nitrogen and oxygen atoms in total. The summed E-state index contributed by atoms with van der Waals surface area (Å²) in [5.41, 5.74) is 3.07. The van der Waals surface area contributed by atoms with E-state index in [2.05, 4.69) is 37.1 Å². The van der Waals surface area contributed by atoms with Crippen LogP contribution < -0.4 is 10.1 Å². The Morgan fingerprint density at radius 1 is 1.06 bits per heavy atom. The first-order chi connectivity index (χ1) is 16.1. The Bertz CT molecular complexity index is 968. The first-order valence-corrected chi connectivity index (χ1v) is 11.6. The van der Waals surface area contributed by atoms with Crippen LogP contribution in [-0.4, -0.2) is 50.3 Å². The van der Waals surface area contributed by atoms with E-state index in [0.717, 1.165) is 49.4 Å². The smallest absolute Gasteiger partial charge is 0.416 e. The first kappa shape index (κ1) is 26.0. The molecule has 186 valence electrons. The Labute approximate surface area is 199 Å². The zero-order valence-corrected chi connectivity index (χ0v) is 20.2. The Kier molecular flexibility index (Phi) is 8.60. The van der Waals surface area contributed by atoms with Crippen molar-refractivity contribution in [1.82, 2.24) is 10.2 Å². The molecule has 1 amide bonds. The van der Waals surface area contributed by atoms with Crippen LogP contribution in [0.3, 0.4) is 0 Å². The quantitative estimate of drug-likeness (QED) is 0.523. The molecule has 1 atom stereocenters. The zero-order valence-electron chi connectivity index (χ0n) is 20.2. The molecule has 1 aliphatic heterocycles. The van der Waals surface area contributed by atoms with E-state index in [9.17, 15) is 18.0 Å².